The van der Waals surface area contributed by atoms with Gasteiger partial charge in [-0.2, -0.15) is 0 Å². The molecule has 1 aromatic carbocycles. The highest BCUT2D eigenvalue weighted by Gasteiger charge is 2.09. The van der Waals surface area contributed by atoms with E-state index in [-0.39, 0.29) is 24.7 Å². The molecule has 0 amide bonds. The number of nitro benzene ring substituents is 1. The van der Waals surface area contributed by atoms with Crippen LogP contribution in [0.1, 0.15) is 0 Å². The second-order valence-electron chi connectivity index (χ2n) is 7.49. The minimum absolute atomic E-state index is 0.00523. The summed E-state index contributed by atoms with van der Waals surface area (Å²) in [4.78, 5) is 21.6. The zero-order valence-electron chi connectivity index (χ0n) is 22.7. The van der Waals surface area contributed by atoms with Crippen LogP contribution >= 0.6 is 0 Å². The summed E-state index contributed by atoms with van der Waals surface area (Å²) in [6, 6.07) is 5.07. The molecule has 1 aromatic rings. The Morgan fingerprint density at radius 3 is 1.32 bits per heavy atom. The van der Waals surface area contributed by atoms with E-state index in [0.717, 1.165) is 0 Å². The number of carbonyl (C=O) groups excluding carboxylic acids is 1. The lowest BCUT2D eigenvalue weighted by molar-refractivity contribution is -0.384. The number of non-ortho nitro benzene ring substituents is 1. The SMILES string of the molecule is C#CCOCCOCCOCCOCCOCCOCCOCCOCCOC(=O)Oc1ccc([N+](=O)[O-])cc1. The van der Waals surface area contributed by atoms with Gasteiger partial charge in [0.25, 0.3) is 5.69 Å². The Morgan fingerprint density at radius 1 is 0.625 bits per heavy atom. The number of hydrogen-bond donors (Lipinski definition) is 0. The third-order valence-electron chi connectivity index (χ3n) is 4.49. The predicted octanol–water partition coefficient (Wildman–Crippen LogP) is 1.88. The van der Waals surface area contributed by atoms with E-state index in [0.29, 0.717) is 99.1 Å². The number of rotatable bonds is 27. The summed E-state index contributed by atoms with van der Waals surface area (Å²) in [6.45, 7) is 6.75. The Balaban J connectivity index is 1.73. The van der Waals surface area contributed by atoms with Crippen LogP contribution in [-0.2, 0) is 42.6 Å². The minimum Gasteiger partial charge on any atom is -0.432 e. The van der Waals surface area contributed by atoms with Gasteiger partial charge in [-0.15, -0.1) is 6.42 Å². The van der Waals surface area contributed by atoms with Crippen LogP contribution in [0.3, 0.4) is 0 Å². The molecule has 14 heteroatoms. The third kappa shape index (κ3) is 22.0. The molecule has 0 bridgehead atoms. The normalized spacial score (nSPS) is 10.8. The van der Waals surface area contributed by atoms with Crippen molar-refractivity contribution in [2.45, 2.75) is 0 Å². The fourth-order valence-electron chi connectivity index (χ4n) is 2.62. The van der Waals surface area contributed by atoms with Crippen molar-refractivity contribution in [1.29, 1.82) is 0 Å². The van der Waals surface area contributed by atoms with Gasteiger partial charge in [0.2, 0.25) is 0 Å². The van der Waals surface area contributed by atoms with Crippen molar-refractivity contribution < 1.29 is 57.1 Å². The summed E-state index contributed by atoms with van der Waals surface area (Å²) in [5.74, 6) is 2.52. The van der Waals surface area contributed by atoms with Crippen LogP contribution in [0.5, 0.6) is 5.75 Å². The first kappa shape index (κ1) is 35.2. The highest BCUT2D eigenvalue weighted by Crippen LogP contribution is 2.17. The number of hydrogen-bond acceptors (Lipinski definition) is 13. The summed E-state index contributed by atoms with van der Waals surface area (Å²) < 4.78 is 52.4. The minimum atomic E-state index is -0.926. The molecule has 226 valence electrons. The van der Waals surface area contributed by atoms with Crippen molar-refractivity contribution in [3.05, 3.63) is 34.4 Å². The molecule has 0 aliphatic rings. The Bertz CT molecular complexity index is 801. The van der Waals surface area contributed by atoms with E-state index in [2.05, 4.69) is 5.92 Å². The van der Waals surface area contributed by atoms with Crippen molar-refractivity contribution in [2.24, 2.45) is 0 Å². The molecule has 0 radical (unpaired) electrons. The molecule has 0 fully saturated rings. The Morgan fingerprint density at radius 2 is 0.975 bits per heavy atom. The van der Waals surface area contributed by atoms with E-state index < -0.39 is 11.1 Å². The average Bonchev–Trinajstić information content (AvgIpc) is 2.95. The fraction of sp³-hybridized carbons (Fsp3) is 0.654. The van der Waals surface area contributed by atoms with Gasteiger partial charge in [0.05, 0.1) is 104 Å². The summed E-state index contributed by atoms with van der Waals surface area (Å²) in [7, 11) is 0. The molecule has 0 saturated carbocycles. The molecule has 14 nitrogen and oxygen atoms in total. The van der Waals surface area contributed by atoms with Crippen molar-refractivity contribution >= 4 is 11.8 Å². The molecular weight excluding hydrogens is 534 g/mol. The topological polar surface area (TPSA) is 153 Å². The van der Waals surface area contributed by atoms with Crippen molar-refractivity contribution in [3.8, 4) is 18.1 Å². The monoisotopic (exact) mass is 573 g/mol. The summed E-state index contributed by atoms with van der Waals surface area (Å²) in [6.07, 6.45) is 4.14. The highest BCUT2D eigenvalue weighted by molar-refractivity contribution is 5.63. The second kappa shape index (κ2) is 26.4. The molecule has 0 aliphatic heterocycles. The standard InChI is InChI=1S/C26H39NO13/c1-2-7-31-8-9-32-10-11-33-12-13-34-14-15-35-16-17-36-18-19-37-20-21-38-22-23-39-26(28)40-25-5-3-24(4-6-25)27(29)30/h1,3-6H,7-23H2. The number of carbonyl (C=O) groups is 1. The quantitative estimate of drug-likeness (QED) is 0.0376. The lowest BCUT2D eigenvalue weighted by Gasteiger charge is -2.09. The van der Waals surface area contributed by atoms with Crippen LogP contribution in [-0.4, -0.2) is 123 Å². The number of nitrogens with zero attached hydrogens (tertiary/aromatic N) is 1. The predicted molar refractivity (Wildman–Crippen MR) is 140 cm³/mol. The average molecular weight is 574 g/mol. The van der Waals surface area contributed by atoms with Crippen LogP contribution in [0.2, 0.25) is 0 Å². The van der Waals surface area contributed by atoms with Gasteiger partial charge in [-0.05, 0) is 12.1 Å². The van der Waals surface area contributed by atoms with Crippen LogP contribution in [0.4, 0.5) is 10.5 Å². The molecule has 0 heterocycles. The molecule has 0 aromatic heterocycles. The third-order valence-corrected chi connectivity index (χ3v) is 4.49. The highest BCUT2D eigenvalue weighted by atomic mass is 16.7. The van der Waals surface area contributed by atoms with E-state index in [9.17, 15) is 14.9 Å². The number of nitro groups is 1. The Labute approximate surface area is 234 Å². The number of benzene rings is 1. The van der Waals surface area contributed by atoms with Crippen LogP contribution in [0, 0.1) is 22.5 Å². The zero-order chi connectivity index (χ0) is 28.9. The van der Waals surface area contributed by atoms with Gasteiger partial charge in [0.1, 0.15) is 19.0 Å². The Kier molecular flexibility index (Phi) is 23.2. The van der Waals surface area contributed by atoms with E-state index >= 15 is 0 Å². The number of ether oxygens (including phenoxy) is 10. The van der Waals surface area contributed by atoms with Gasteiger partial charge in [-0.3, -0.25) is 10.1 Å². The molecule has 0 unspecified atom stereocenters. The summed E-state index contributed by atoms with van der Waals surface area (Å²) in [5.41, 5.74) is -0.105. The maximum absolute atomic E-state index is 11.6. The van der Waals surface area contributed by atoms with Crippen molar-refractivity contribution in [1.82, 2.24) is 0 Å². The first-order chi connectivity index (χ1) is 19.6. The maximum atomic E-state index is 11.6. The molecule has 0 saturated heterocycles. The van der Waals surface area contributed by atoms with Gasteiger partial charge in [-0.25, -0.2) is 4.79 Å². The Hall–Kier alpha value is -2.87. The van der Waals surface area contributed by atoms with E-state index in [4.69, 9.17) is 53.8 Å². The maximum Gasteiger partial charge on any atom is 0.513 e. The lowest BCUT2D eigenvalue weighted by atomic mass is 10.3. The lowest BCUT2D eigenvalue weighted by Crippen LogP contribution is -2.16. The van der Waals surface area contributed by atoms with Gasteiger partial charge in [0.15, 0.2) is 0 Å². The van der Waals surface area contributed by atoms with Crippen LogP contribution in [0.25, 0.3) is 0 Å². The van der Waals surface area contributed by atoms with E-state index in [1.807, 2.05) is 0 Å². The van der Waals surface area contributed by atoms with Gasteiger partial charge < -0.3 is 47.4 Å². The van der Waals surface area contributed by atoms with Crippen molar-refractivity contribution in [2.75, 3.05) is 112 Å². The van der Waals surface area contributed by atoms with Gasteiger partial charge >= 0.3 is 6.16 Å². The zero-order valence-corrected chi connectivity index (χ0v) is 22.7. The first-order valence-corrected chi connectivity index (χ1v) is 12.8. The van der Waals surface area contributed by atoms with Crippen LogP contribution < -0.4 is 4.74 Å². The smallest absolute Gasteiger partial charge is 0.432 e. The van der Waals surface area contributed by atoms with Gasteiger partial charge in [0, 0.05) is 12.1 Å². The second-order valence-corrected chi connectivity index (χ2v) is 7.49. The summed E-state index contributed by atoms with van der Waals surface area (Å²) in [5, 5.41) is 10.6. The molecule has 0 spiro atoms. The molecule has 40 heavy (non-hydrogen) atoms. The van der Waals surface area contributed by atoms with Gasteiger partial charge in [-0.1, -0.05) is 5.92 Å². The van der Waals surface area contributed by atoms with Crippen LogP contribution in [0.15, 0.2) is 24.3 Å². The van der Waals surface area contributed by atoms with E-state index in [1.165, 1.54) is 24.3 Å². The molecule has 0 aliphatic carbocycles. The van der Waals surface area contributed by atoms with Crippen molar-refractivity contribution in [3.63, 3.8) is 0 Å². The fourth-order valence-corrected chi connectivity index (χ4v) is 2.62. The first-order valence-electron chi connectivity index (χ1n) is 12.8. The molecule has 0 N–H and O–H groups in total. The number of terminal acetylenes is 1. The molecular formula is C26H39NO13. The summed E-state index contributed by atoms with van der Waals surface area (Å²) >= 11 is 0. The molecule has 1 rings (SSSR count). The largest absolute Gasteiger partial charge is 0.513 e. The van der Waals surface area contributed by atoms with E-state index in [1.54, 1.807) is 0 Å². The molecule has 0 atom stereocenters.